The molecule has 3 N–H and O–H groups in total. The number of imidazole rings is 1. The van der Waals surface area contributed by atoms with Crippen LogP contribution < -0.4 is 15.7 Å². The third-order valence-corrected chi connectivity index (χ3v) is 6.96. The molecule has 0 fully saturated rings. The molecule has 1 aromatic heterocycles. The van der Waals surface area contributed by atoms with E-state index in [1.165, 1.54) is 36.7 Å². The summed E-state index contributed by atoms with van der Waals surface area (Å²) in [5, 5.41) is 2.72. The molecular weight excluding hydrogens is 444 g/mol. The van der Waals surface area contributed by atoms with Crippen molar-refractivity contribution in [2.24, 2.45) is 0 Å². The SMILES string of the molecule is COc1ccc(C(=O)Nc2ccc3[nH]c(=O)[nH]c3c2)cc1S(=O)(=O)N(C)Cc1ccccc1. The number of H-pyrrole nitrogens is 2. The van der Waals surface area contributed by atoms with E-state index >= 15 is 0 Å². The summed E-state index contributed by atoms with van der Waals surface area (Å²) in [5.74, 6) is -0.366. The summed E-state index contributed by atoms with van der Waals surface area (Å²) in [6.45, 7) is 0.164. The van der Waals surface area contributed by atoms with Crippen molar-refractivity contribution in [3.05, 3.63) is 88.3 Å². The van der Waals surface area contributed by atoms with Gasteiger partial charge in [0.1, 0.15) is 10.6 Å². The lowest BCUT2D eigenvalue weighted by molar-refractivity contribution is 0.102. The number of aromatic nitrogens is 2. The van der Waals surface area contributed by atoms with Crippen molar-refractivity contribution < 1.29 is 17.9 Å². The second kappa shape index (κ2) is 8.93. The number of methoxy groups -OCH3 is 1. The van der Waals surface area contributed by atoms with Crippen molar-refractivity contribution in [3.63, 3.8) is 0 Å². The maximum absolute atomic E-state index is 13.3. The number of carbonyl (C=O) groups is 1. The van der Waals surface area contributed by atoms with Gasteiger partial charge in [-0.15, -0.1) is 0 Å². The second-order valence-electron chi connectivity index (χ2n) is 7.41. The molecule has 10 heteroatoms. The van der Waals surface area contributed by atoms with E-state index in [1.54, 1.807) is 18.2 Å². The van der Waals surface area contributed by atoms with Gasteiger partial charge >= 0.3 is 5.69 Å². The van der Waals surface area contributed by atoms with Crippen molar-refractivity contribution in [2.45, 2.75) is 11.4 Å². The largest absolute Gasteiger partial charge is 0.495 e. The molecule has 170 valence electrons. The molecule has 4 rings (SSSR count). The van der Waals surface area contributed by atoms with Gasteiger partial charge in [-0.05, 0) is 42.0 Å². The molecule has 9 nitrogen and oxygen atoms in total. The van der Waals surface area contributed by atoms with Gasteiger partial charge in [0.05, 0.1) is 18.1 Å². The first-order valence-electron chi connectivity index (χ1n) is 9.99. The predicted molar refractivity (Wildman–Crippen MR) is 125 cm³/mol. The molecule has 0 radical (unpaired) electrons. The van der Waals surface area contributed by atoms with Crippen molar-refractivity contribution in [1.82, 2.24) is 14.3 Å². The molecule has 33 heavy (non-hydrogen) atoms. The number of nitrogens with zero attached hydrogens (tertiary/aromatic N) is 1. The molecule has 0 saturated heterocycles. The molecule has 0 saturated carbocycles. The Hall–Kier alpha value is -3.89. The van der Waals surface area contributed by atoms with Gasteiger partial charge < -0.3 is 20.0 Å². The Morgan fingerprint density at radius 3 is 2.45 bits per heavy atom. The number of benzene rings is 3. The van der Waals surface area contributed by atoms with Crippen molar-refractivity contribution >= 4 is 32.7 Å². The van der Waals surface area contributed by atoms with Crippen LogP contribution in [-0.4, -0.2) is 42.8 Å². The monoisotopic (exact) mass is 466 g/mol. The number of nitrogens with one attached hydrogen (secondary N) is 3. The molecular formula is C23H22N4O5S. The second-order valence-corrected chi connectivity index (χ2v) is 9.42. The van der Waals surface area contributed by atoms with Gasteiger partial charge in [-0.3, -0.25) is 4.79 Å². The standard InChI is InChI=1S/C23H22N4O5S/c1-27(14-15-6-4-3-5-7-15)33(30,31)21-12-16(8-11-20(21)32-2)22(28)24-17-9-10-18-19(13-17)26-23(29)25-18/h3-13H,14H2,1-2H3,(H,24,28)(H2,25,26,29). The fraction of sp³-hybridized carbons (Fsp3) is 0.130. The number of hydrogen-bond acceptors (Lipinski definition) is 5. The highest BCUT2D eigenvalue weighted by atomic mass is 32.2. The molecule has 1 amide bonds. The average Bonchev–Trinajstić information content (AvgIpc) is 3.18. The fourth-order valence-corrected chi connectivity index (χ4v) is 4.76. The van der Waals surface area contributed by atoms with Crippen LogP contribution in [0.3, 0.4) is 0 Å². The number of ether oxygens (including phenoxy) is 1. The lowest BCUT2D eigenvalue weighted by atomic mass is 10.2. The van der Waals surface area contributed by atoms with Crippen molar-refractivity contribution in [1.29, 1.82) is 0 Å². The van der Waals surface area contributed by atoms with Crippen LogP contribution in [0.15, 0.2) is 76.4 Å². The number of amides is 1. The molecule has 0 aliphatic carbocycles. The molecule has 0 bridgehead atoms. The lowest BCUT2D eigenvalue weighted by Gasteiger charge is -2.19. The molecule has 0 spiro atoms. The molecule has 0 unspecified atom stereocenters. The first-order chi connectivity index (χ1) is 15.8. The number of rotatable bonds is 7. The third kappa shape index (κ3) is 4.66. The van der Waals surface area contributed by atoms with Crippen molar-refractivity contribution in [2.75, 3.05) is 19.5 Å². The first-order valence-corrected chi connectivity index (χ1v) is 11.4. The highest BCUT2D eigenvalue weighted by Gasteiger charge is 2.26. The first kappa shape index (κ1) is 22.3. The summed E-state index contributed by atoms with van der Waals surface area (Å²) in [7, 11) is -1.10. The van der Waals surface area contributed by atoms with Crippen LogP contribution in [0.2, 0.25) is 0 Å². The highest BCUT2D eigenvalue weighted by Crippen LogP contribution is 2.28. The van der Waals surface area contributed by atoms with Gasteiger partial charge in [0, 0.05) is 24.8 Å². The molecule has 1 heterocycles. The Labute approximate surface area is 190 Å². The topological polar surface area (TPSA) is 124 Å². The minimum Gasteiger partial charge on any atom is -0.495 e. The maximum atomic E-state index is 13.3. The third-order valence-electron chi connectivity index (χ3n) is 5.14. The summed E-state index contributed by atoms with van der Waals surface area (Å²) in [6.07, 6.45) is 0. The number of aromatic amines is 2. The number of fused-ring (bicyclic) bond motifs is 1. The van der Waals surface area contributed by atoms with Gasteiger partial charge in [-0.25, -0.2) is 13.2 Å². The Balaban J connectivity index is 1.62. The number of carbonyl (C=O) groups excluding carboxylic acids is 1. The average molecular weight is 467 g/mol. The zero-order valence-electron chi connectivity index (χ0n) is 18.0. The van der Waals surface area contributed by atoms with E-state index in [4.69, 9.17) is 4.74 Å². The van der Waals surface area contributed by atoms with Crippen molar-refractivity contribution in [3.8, 4) is 5.75 Å². The van der Waals surface area contributed by atoms with Crippen LogP contribution >= 0.6 is 0 Å². The number of sulfonamides is 1. The lowest BCUT2D eigenvalue weighted by Crippen LogP contribution is -2.27. The zero-order valence-corrected chi connectivity index (χ0v) is 18.8. The Kier molecular flexibility index (Phi) is 6.03. The van der Waals surface area contributed by atoms with Gasteiger partial charge in [0.2, 0.25) is 10.0 Å². The minimum absolute atomic E-state index is 0.110. The van der Waals surface area contributed by atoms with E-state index in [0.29, 0.717) is 16.7 Å². The van der Waals surface area contributed by atoms with Crippen LogP contribution in [0, 0.1) is 0 Å². The summed E-state index contributed by atoms with van der Waals surface area (Å²) < 4.78 is 33.0. The van der Waals surface area contributed by atoms with E-state index in [9.17, 15) is 18.0 Å². The Morgan fingerprint density at radius 1 is 1.00 bits per heavy atom. The fourth-order valence-electron chi connectivity index (χ4n) is 3.43. The molecule has 3 aromatic carbocycles. The number of anilines is 1. The van der Waals surface area contributed by atoms with E-state index in [-0.39, 0.29) is 28.4 Å². The predicted octanol–water partition coefficient (Wildman–Crippen LogP) is 2.94. The van der Waals surface area contributed by atoms with E-state index < -0.39 is 15.9 Å². The zero-order chi connectivity index (χ0) is 23.6. The Morgan fingerprint density at radius 2 is 1.73 bits per heavy atom. The quantitative estimate of drug-likeness (QED) is 0.386. The normalized spacial score (nSPS) is 11.6. The summed E-state index contributed by atoms with van der Waals surface area (Å²) >= 11 is 0. The summed E-state index contributed by atoms with van der Waals surface area (Å²) in [6, 6.07) is 18.3. The molecule has 0 aliphatic heterocycles. The van der Waals surface area contributed by atoms with Crippen LogP contribution in [-0.2, 0) is 16.6 Å². The van der Waals surface area contributed by atoms with E-state index in [0.717, 1.165) is 5.56 Å². The van der Waals surface area contributed by atoms with Crippen LogP contribution in [0.4, 0.5) is 5.69 Å². The van der Waals surface area contributed by atoms with E-state index in [1.807, 2.05) is 30.3 Å². The van der Waals surface area contributed by atoms with Gasteiger partial charge in [0.25, 0.3) is 5.91 Å². The summed E-state index contributed by atoms with van der Waals surface area (Å²) in [5.41, 5.74) is 2.22. The van der Waals surface area contributed by atoms with E-state index in [2.05, 4.69) is 15.3 Å². The van der Waals surface area contributed by atoms with Crippen LogP contribution in [0.25, 0.3) is 11.0 Å². The Bertz CT molecular complexity index is 1480. The van der Waals surface area contributed by atoms with Crippen LogP contribution in [0.5, 0.6) is 5.75 Å². The highest BCUT2D eigenvalue weighted by molar-refractivity contribution is 7.89. The number of hydrogen-bond donors (Lipinski definition) is 3. The maximum Gasteiger partial charge on any atom is 0.323 e. The molecule has 0 atom stereocenters. The van der Waals surface area contributed by atoms with Gasteiger partial charge in [-0.1, -0.05) is 30.3 Å². The van der Waals surface area contributed by atoms with Gasteiger partial charge in [-0.2, -0.15) is 4.31 Å². The van der Waals surface area contributed by atoms with Gasteiger partial charge in [0.15, 0.2) is 0 Å². The summed E-state index contributed by atoms with van der Waals surface area (Å²) in [4.78, 5) is 29.4. The van der Waals surface area contributed by atoms with Crippen LogP contribution in [0.1, 0.15) is 15.9 Å². The molecule has 4 aromatic rings. The molecule has 0 aliphatic rings. The minimum atomic E-state index is -3.95. The smallest absolute Gasteiger partial charge is 0.323 e.